The monoisotopic (exact) mass is 455 g/mol. The van der Waals surface area contributed by atoms with Crippen molar-refractivity contribution in [1.29, 1.82) is 0 Å². The number of nitrogens with zero attached hydrogens (tertiary/aromatic N) is 3. The van der Waals surface area contributed by atoms with Crippen LogP contribution in [-0.2, 0) is 6.54 Å². The van der Waals surface area contributed by atoms with Crippen molar-refractivity contribution in [2.75, 3.05) is 18.4 Å². The van der Waals surface area contributed by atoms with Crippen LogP contribution in [0.15, 0.2) is 36.5 Å². The van der Waals surface area contributed by atoms with Gasteiger partial charge < -0.3 is 10.6 Å². The third kappa shape index (κ3) is 5.38. The van der Waals surface area contributed by atoms with E-state index >= 15 is 0 Å². The van der Waals surface area contributed by atoms with E-state index in [4.69, 9.17) is 34.8 Å². The summed E-state index contributed by atoms with van der Waals surface area (Å²) >= 11 is 18.2. The van der Waals surface area contributed by atoms with Crippen molar-refractivity contribution in [2.45, 2.75) is 13.5 Å². The van der Waals surface area contributed by atoms with Crippen LogP contribution in [0.5, 0.6) is 0 Å². The molecular formula is C19H17Cl3FN5O. The van der Waals surface area contributed by atoms with E-state index in [2.05, 4.69) is 20.7 Å². The summed E-state index contributed by atoms with van der Waals surface area (Å²) in [6.45, 7) is 2.76. The number of aryl methyl sites for hydroxylation is 1. The second-order valence-electron chi connectivity index (χ2n) is 6.20. The first kappa shape index (κ1) is 21.4. The molecule has 0 radical (unpaired) electrons. The van der Waals surface area contributed by atoms with E-state index in [0.29, 0.717) is 46.8 Å². The van der Waals surface area contributed by atoms with Crippen molar-refractivity contribution >= 4 is 46.5 Å². The molecule has 2 heterocycles. The molecule has 1 amide bonds. The van der Waals surface area contributed by atoms with E-state index in [1.165, 1.54) is 23.0 Å². The van der Waals surface area contributed by atoms with Crippen molar-refractivity contribution in [3.8, 4) is 0 Å². The minimum absolute atomic E-state index is 0.222. The number of benzene rings is 1. The molecule has 0 saturated carbocycles. The van der Waals surface area contributed by atoms with Gasteiger partial charge >= 0.3 is 0 Å². The van der Waals surface area contributed by atoms with E-state index in [1.807, 2.05) is 0 Å². The summed E-state index contributed by atoms with van der Waals surface area (Å²) in [5.41, 5.74) is 1.63. The summed E-state index contributed by atoms with van der Waals surface area (Å²) < 4.78 is 14.6. The molecule has 2 N–H and O–H groups in total. The van der Waals surface area contributed by atoms with Crippen LogP contribution in [-0.4, -0.2) is 33.8 Å². The zero-order valence-corrected chi connectivity index (χ0v) is 17.6. The predicted molar refractivity (Wildman–Crippen MR) is 113 cm³/mol. The van der Waals surface area contributed by atoms with Gasteiger partial charge in [0.2, 0.25) is 0 Å². The van der Waals surface area contributed by atoms with Crippen molar-refractivity contribution in [3.63, 3.8) is 0 Å². The Morgan fingerprint density at radius 3 is 2.59 bits per heavy atom. The molecule has 6 nitrogen and oxygen atoms in total. The minimum Gasteiger partial charge on any atom is -0.367 e. The first-order chi connectivity index (χ1) is 13.8. The van der Waals surface area contributed by atoms with Gasteiger partial charge in [0.05, 0.1) is 27.8 Å². The SMILES string of the molecule is Cc1nn(Cc2ccc(F)cc2)c(Cl)c1C(=O)NCCNc1ncc(Cl)cc1Cl. The van der Waals surface area contributed by atoms with Crippen molar-refractivity contribution in [2.24, 2.45) is 0 Å². The Morgan fingerprint density at radius 1 is 1.17 bits per heavy atom. The van der Waals surface area contributed by atoms with Crippen LogP contribution in [0.2, 0.25) is 15.2 Å². The van der Waals surface area contributed by atoms with E-state index in [9.17, 15) is 9.18 Å². The quantitative estimate of drug-likeness (QED) is 0.511. The van der Waals surface area contributed by atoms with Crippen molar-refractivity contribution in [1.82, 2.24) is 20.1 Å². The molecule has 0 bridgehead atoms. The fourth-order valence-electron chi connectivity index (χ4n) is 2.67. The molecule has 0 aliphatic rings. The van der Waals surface area contributed by atoms with Gasteiger partial charge in [-0.15, -0.1) is 0 Å². The Labute approximate surface area is 182 Å². The Balaban J connectivity index is 1.59. The molecule has 0 fully saturated rings. The summed E-state index contributed by atoms with van der Waals surface area (Å²) in [5, 5.41) is 11.2. The topological polar surface area (TPSA) is 71.8 Å². The maximum Gasteiger partial charge on any atom is 0.256 e. The van der Waals surface area contributed by atoms with Crippen LogP contribution in [0.4, 0.5) is 10.2 Å². The van der Waals surface area contributed by atoms with Gasteiger partial charge in [0.15, 0.2) is 0 Å². The van der Waals surface area contributed by atoms with Gasteiger partial charge in [0, 0.05) is 19.3 Å². The van der Waals surface area contributed by atoms with Gasteiger partial charge in [-0.1, -0.05) is 46.9 Å². The fourth-order valence-corrected chi connectivity index (χ4v) is 3.44. The Morgan fingerprint density at radius 2 is 1.90 bits per heavy atom. The number of aromatic nitrogens is 3. The average molecular weight is 457 g/mol. The molecule has 29 heavy (non-hydrogen) atoms. The predicted octanol–water partition coefficient (Wildman–Crippen LogP) is 4.58. The summed E-state index contributed by atoms with van der Waals surface area (Å²) in [7, 11) is 0. The van der Waals surface area contributed by atoms with Crippen molar-refractivity contribution in [3.05, 3.63) is 74.4 Å². The highest BCUT2D eigenvalue weighted by molar-refractivity contribution is 6.36. The van der Waals surface area contributed by atoms with Gasteiger partial charge in [-0.3, -0.25) is 4.79 Å². The van der Waals surface area contributed by atoms with Gasteiger partial charge in [-0.25, -0.2) is 14.1 Å². The number of amides is 1. The number of nitrogens with one attached hydrogen (secondary N) is 2. The van der Waals surface area contributed by atoms with Crippen LogP contribution in [0.1, 0.15) is 21.6 Å². The lowest BCUT2D eigenvalue weighted by Gasteiger charge is -2.09. The molecule has 0 aliphatic carbocycles. The zero-order valence-electron chi connectivity index (χ0n) is 15.3. The Bertz CT molecular complexity index is 1020. The highest BCUT2D eigenvalue weighted by Crippen LogP contribution is 2.23. The van der Waals surface area contributed by atoms with Crippen LogP contribution in [0.3, 0.4) is 0 Å². The van der Waals surface area contributed by atoms with E-state index in [-0.39, 0.29) is 16.9 Å². The molecule has 3 rings (SSSR count). The molecule has 0 unspecified atom stereocenters. The van der Waals surface area contributed by atoms with Crippen LogP contribution >= 0.6 is 34.8 Å². The first-order valence-corrected chi connectivity index (χ1v) is 9.79. The summed E-state index contributed by atoms with van der Waals surface area (Å²) in [6, 6.07) is 7.59. The highest BCUT2D eigenvalue weighted by atomic mass is 35.5. The number of anilines is 1. The van der Waals surface area contributed by atoms with E-state index < -0.39 is 0 Å². The molecular weight excluding hydrogens is 440 g/mol. The number of halogens is 4. The second-order valence-corrected chi connectivity index (χ2v) is 7.40. The molecule has 0 spiro atoms. The lowest BCUT2D eigenvalue weighted by molar-refractivity contribution is 0.0954. The average Bonchev–Trinajstić information content (AvgIpc) is 2.95. The first-order valence-electron chi connectivity index (χ1n) is 8.65. The molecule has 152 valence electrons. The number of hydrogen-bond acceptors (Lipinski definition) is 4. The number of carbonyl (C=O) groups excluding carboxylic acids is 1. The highest BCUT2D eigenvalue weighted by Gasteiger charge is 2.20. The molecule has 1 aromatic carbocycles. The second kappa shape index (κ2) is 9.43. The number of pyridine rings is 1. The zero-order chi connectivity index (χ0) is 21.0. The Kier molecular flexibility index (Phi) is 6.95. The van der Waals surface area contributed by atoms with Crippen LogP contribution in [0.25, 0.3) is 0 Å². The van der Waals surface area contributed by atoms with E-state index in [1.54, 1.807) is 25.1 Å². The van der Waals surface area contributed by atoms with Gasteiger partial charge in [0.1, 0.15) is 16.8 Å². The standard InChI is InChI=1S/C19H17Cl3FN5O/c1-11-16(17(22)28(27-11)10-12-2-4-14(23)5-3-12)19(29)25-7-6-24-18-15(21)8-13(20)9-26-18/h2-5,8-9H,6-7,10H2,1H3,(H,24,26)(H,25,29). The Hall–Kier alpha value is -2.35. The summed E-state index contributed by atoms with van der Waals surface area (Å²) in [5.74, 6) is -0.179. The number of rotatable bonds is 7. The van der Waals surface area contributed by atoms with Gasteiger partial charge in [-0.2, -0.15) is 5.10 Å². The fraction of sp³-hybridized carbons (Fsp3) is 0.211. The smallest absolute Gasteiger partial charge is 0.256 e. The van der Waals surface area contributed by atoms with E-state index in [0.717, 1.165) is 5.56 Å². The lowest BCUT2D eigenvalue weighted by Crippen LogP contribution is -2.29. The maximum atomic E-state index is 13.1. The lowest BCUT2D eigenvalue weighted by atomic mass is 10.2. The molecule has 10 heteroatoms. The van der Waals surface area contributed by atoms with Crippen LogP contribution in [0, 0.1) is 12.7 Å². The molecule has 0 atom stereocenters. The molecule has 0 saturated heterocycles. The normalized spacial score (nSPS) is 10.8. The number of carbonyl (C=O) groups is 1. The molecule has 2 aromatic heterocycles. The molecule has 3 aromatic rings. The summed E-state index contributed by atoms with van der Waals surface area (Å²) in [6.07, 6.45) is 1.48. The summed E-state index contributed by atoms with van der Waals surface area (Å²) in [4.78, 5) is 16.6. The maximum absolute atomic E-state index is 13.1. The van der Waals surface area contributed by atoms with Crippen LogP contribution < -0.4 is 10.6 Å². The third-order valence-corrected chi connectivity index (χ3v) is 4.93. The van der Waals surface area contributed by atoms with Gasteiger partial charge in [-0.05, 0) is 30.7 Å². The van der Waals surface area contributed by atoms with Gasteiger partial charge in [0.25, 0.3) is 5.91 Å². The third-order valence-electron chi connectivity index (χ3n) is 4.05. The minimum atomic E-state index is -0.338. The number of hydrogen-bond donors (Lipinski definition) is 2. The largest absolute Gasteiger partial charge is 0.367 e. The molecule has 0 aliphatic heterocycles. The van der Waals surface area contributed by atoms with Crippen molar-refractivity contribution < 1.29 is 9.18 Å².